The van der Waals surface area contributed by atoms with Gasteiger partial charge in [-0.25, -0.2) is 0 Å². The van der Waals surface area contributed by atoms with Gasteiger partial charge in [-0.3, -0.25) is 8.75 Å². The summed E-state index contributed by atoms with van der Waals surface area (Å²) in [5.41, 5.74) is 8.92. The van der Waals surface area contributed by atoms with Crippen LogP contribution in [0.4, 0.5) is 5.82 Å². The Bertz CT molecular complexity index is 1230. The fraction of sp³-hybridized carbons (Fsp3) is 0.500. The summed E-state index contributed by atoms with van der Waals surface area (Å²) in [6.07, 6.45) is 4.12. The van der Waals surface area contributed by atoms with Crippen LogP contribution in [0.1, 0.15) is 37.3 Å². The van der Waals surface area contributed by atoms with Crippen LogP contribution >= 0.6 is 0 Å². The summed E-state index contributed by atoms with van der Waals surface area (Å²) >= 11 is 0. The molecular formula is C22H31N5O6S. The molecule has 12 heteroatoms. The molecule has 0 saturated carbocycles. The minimum absolute atomic E-state index is 0.130. The summed E-state index contributed by atoms with van der Waals surface area (Å²) in [5.74, 6) is 0.888. The number of hydrogen-bond acceptors (Lipinski definition) is 10. The first-order chi connectivity index (χ1) is 16.3. The number of methoxy groups -OCH3 is 2. The summed E-state index contributed by atoms with van der Waals surface area (Å²) in [7, 11) is -0.316. The summed E-state index contributed by atoms with van der Waals surface area (Å²) in [5, 5.41) is 0. The van der Waals surface area contributed by atoms with Crippen LogP contribution in [0.15, 0.2) is 18.2 Å². The van der Waals surface area contributed by atoms with Gasteiger partial charge in [0.2, 0.25) is 0 Å². The normalized spacial score (nSPS) is 11.6. The summed E-state index contributed by atoms with van der Waals surface area (Å²) in [4.78, 5) is 13.2. The van der Waals surface area contributed by atoms with Gasteiger partial charge in [-0.05, 0) is 30.9 Å². The van der Waals surface area contributed by atoms with Crippen molar-refractivity contribution in [2.45, 2.75) is 39.2 Å². The molecule has 34 heavy (non-hydrogen) atoms. The van der Waals surface area contributed by atoms with E-state index in [1.165, 1.54) is 7.11 Å². The predicted molar refractivity (Wildman–Crippen MR) is 128 cm³/mol. The minimum Gasteiger partial charge on any atom is -0.496 e. The Labute approximate surface area is 199 Å². The molecule has 0 fully saturated rings. The number of nitrogen functional groups attached to an aromatic ring is 1. The number of unbranched alkanes of at least 4 members (excludes halogenated alkanes) is 1. The number of benzene rings is 1. The largest absolute Gasteiger partial charge is 0.496 e. The fourth-order valence-corrected chi connectivity index (χ4v) is 3.80. The van der Waals surface area contributed by atoms with Crippen molar-refractivity contribution in [1.82, 2.24) is 19.5 Å². The number of aryl methyl sites for hydroxylation is 1. The van der Waals surface area contributed by atoms with E-state index in [4.69, 9.17) is 24.1 Å². The smallest absolute Gasteiger partial charge is 0.320 e. The van der Waals surface area contributed by atoms with Gasteiger partial charge in [0, 0.05) is 5.56 Å². The van der Waals surface area contributed by atoms with E-state index in [9.17, 15) is 8.42 Å². The molecule has 0 unspecified atom stereocenters. The Hall–Kier alpha value is -3.12. The van der Waals surface area contributed by atoms with Gasteiger partial charge >= 0.3 is 6.01 Å². The Morgan fingerprint density at radius 1 is 1.06 bits per heavy atom. The molecule has 1 aromatic carbocycles. The molecule has 0 radical (unpaired) electrons. The number of rotatable bonds is 13. The number of fused-ring (bicyclic) bond motifs is 1. The molecule has 2 N–H and O–H groups in total. The van der Waals surface area contributed by atoms with Crippen molar-refractivity contribution < 1.29 is 26.8 Å². The molecule has 3 aromatic rings. The zero-order valence-electron chi connectivity index (χ0n) is 19.9. The van der Waals surface area contributed by atoms with Crippen LogP contribution in [-0.2, 0) is 27.3 Å². The Balaban J connectivity index is 1.85. The van der Waals surface area contributed by atoms with Gasteiger partial charge in [-0.2, -0.15) is 23.4 Å². The molecule has 0 saturated heterocycles. The monoisotopic (exact) mass is 493 g/mol. The van der Waals surface area contributed by atoms with Crippen LogP contribution in [0.2, 0.25) is 0 Å². The van der Waals surface area contributed by atoms with E-state index in [1.54, 1.807) is 11.7 Å². The van der Waals surface area contributed by atoms with Gasteiger partial charge in [-0.15, -0.1) is 0 Å². The van der Waals surface area contributed by atoms with Crippen LogP contribution in [0.5, 0.6) is 17.8 Å². The molecule has 0 amide bonds. The van der Waals surface area contributed by atoms with Gasteiger partial charge in [0.05, 0.1) is 40.2 Å². The predicted octanol–water partition coefficient (Wildman–Crippen LogP) is 2.56. The SMILES string of the molecule is CCCCOc1nc(N)c2nc(OC)n(Cc3ccc(CCCOS(C)(=O)=O)cc3OC)c2n1. The molecule has 186 valence electrons. The molecule has 0 atom stereocenters. The average molecular weight is 494 g/mol. The maximum absolute atomic E-state index is 11.1. The standard InChI is InChI=1S/C22H31N5O6S/c1-5-6-11-32-21-25-19(23)18-20(26-21)27(22(24-18)31-3)14-16-10-9-15(13-17(16)30-2)8-7-12-33-34(4,28)29/h9-10,13H,5-8,11-12,14H2,1-4H3,(H2,23,25,26). The third-order valence-electron chi connectivity index (χ3n) is 5.06. The first-order valence-corrected chi connectivity index (χ1v) is 12.8. The summed E-state index contributed by atoms with van der Waals surface area (Å²) in [6, 6.07) is 6.36. The lowest BCUT2D eigenvalue weighted by Gasteiger charge is -2.13. The highest BCUT2D eigenvalue weighted by atomic mass is 32.2. The zero-order chi connectivity index (χ0) is 24.7. The third-order valence-corrected chi connectivity index (χ3v) is 5.66. The van der Waals surface area contributed by atoms with Gasteiger partial charge in [0.1, 0.15) is 5.75 Å². The number of hydrogen-bond donors (Lipinski definition) is 1. The van der Waals surface area contributed by atoms with Gasteiger partial charge < -0.3 is 19.9 Å². The van der Waals surface area contributed by atoms with Crippen LogP contribution in [0.3, 0.4) is 0 Å². The molecule has 0 spiro atoms. The lowest BCUT2D eigenvalue weighted by molar-refractivity contribution is 0.286. The number of ether oxygens (including phenoxy) is 3. The number of anilines is 1. The molecule has 3 rings (SSSR count). The van der Waals surface area contributed by atoms with Crippen molar-refractivity contribution >= 4 is 27.1 Å². The average Bonchev–Trinajstić information content (AvgIpc) is 3.15. The maximum Gasteiger partial charge on any atom is 0.320 e. The first kappa shape index (κ1) is 25.5. The van der Waals surface area contributed by atoms with E-state index in [1.807, 2.05) is 18.2 Å². The van der Waals surface area contributed by atoms with E-state index in [0.29, 0.717) is 48.9 Å². The Morgan fingerprint density at radius 2 is 1.85 bits per heavy atom. The van der Waals surface area contributed by atoms with E-state index >= 15 is 0 Å². The molecule has 0 bridgehead atoms. The van der Waals surface area contributed by atoms with Crippen LogP contribution in [0, 0.1) is 0 Å². The second-order valence-electron chi connectivity index (χ2n) is 7.73. The van der Waals surface area contributed by atoms with Crippen molar-refractivity contribution in [2.24, 2.45) is 0 Å². The summed E-state index contributed by atoms with van der Waals surface area (Å²) < 4.78 is 45.5. The molecule has 2 aromatic heterocycles. The van der Waals surface area contributed by atoms with Gasteiger partial charge in [-0.1, -0.05) is 25.5 Å². The number of aromatic nitrogens is 4. The quantitative estimate of drug-likeness (QED) is 0.279. The molecule has 11 nitrogen and oxygen atoms in total. The first-order valence-electron chi connectivity index (χ1n) is 11.0. The van der Waals surface area contributed by atoms with E-state index in [0.717, 1.165) is 30.2 Å². The van der Waals surface area contributed by atoms with E-state index in [2.05, 4.69) is 21.9 Å². The third kappa shape index (κ3) is 6.48. The lowest BCUT2D eigenvalue weighted by atomic mass is 10.1. The summed E-state index contributed by atoms with van der Waals surface area (Å²) in [6.45, 7) is 3.07. The molecule has 0 aliphatic carbocycles. The van der Waals surface area contributed by atoms with E-state index < -0.39 is 10.1 Å². The van der Waals surface area contributed by atoms with Crippen LogP contribution in [0.25, 0.3) is 11.2 Å². The Morgan fingerprint density at radius 3 is 2.53 bits per heavy atom. The number of nitrogens with two attached hydrogens (primary N) is 1. The highest BCUT2D eigenvalue weighted by Gasteiger charge is 2.19. The van der Waals surface area contributed by atoms with Crippen LogP contribution < -0.4 is 19.9 Å². The van der Waals surface area contributed by atoms with Gasteiger partial charge in [0.25, 0.3) is 16.1 Å². The topological polar surface area (TPSA) is 141 Å². The van der Waals surface area contributed by atoms with Gasteiger partial charge in [0.15, 0.2) is 17.0 Å². The highest BCUT2D eigenvalue weighted by molar-refractivity contribution is 7.85. The molecule has 0 aliphatic rings. The van der Waals surface area contributed by atoms with Crippen molar-refractivity contribution in [3.63, 3.8) is 0 Å². The fourth-order valence-electron chi connectivity index (χ4n) is 3.38. The Kier molecular flexibility index (Phi) is 8.51. The van der Waals surface area contributed by atoms with Crippen molar-refractivity contribution in [3.05, 3.63) is 29.3 Å². The zero-order valence-corrected chi connectivity index (χ0v) is 20.7. The molecule has 0 aliphatic heterocycles. The van der Waals surface area contributed by atoms with Crippen molar-refractivity contribution in [2.75, 3.05) is 39.4 Å². The van der Waals surface area contributed by atoms with E-state index in [-0.39, 0.29) is 18.4 Å². The number of imidazole rings is 1. The molecular weight excluding hydrogens is 462 g/mol. The lowest BCUT2D eigenvalue weighted by Crippen LogP contribution is -2.08. The maximum atomic E-state index is 11.1. The highest BCUT2D eigenvalue weighted by Crippen LogP contribution is 2.29. The molecule has 2 heterocycles. The minimum atomic E-state index is -3.44. The number of nitrogens with zero attached hydrogens (tertiary/aromatic N) is 4. The van der Waals surface area contributed by atoms with Crippen molar-refractivity contribution in [1.29, 1.82) is 0 Å². The second kappa shape index (κ2) is 11.3. The van der Waals surface area contributed by atoms with Crippen LogP contribution in [-0.4, -0.2) is 61.6 Å². The van der Waals surface area contributed by atoms with Crippen molar-refractivity contribution in [3.8, 4) is 17.8 Å². The second-order valence-corrected chi connectivity index (χ2v) is 9.37.